The lowest BCUT2D eigenvalue weighted by atomic mass is 9.83. The van der Waals surface area contributed by atoms with Gasteiger partial charge >= 0.3 is 0 Å². The highest BCUT2D eigenvalue weighted by atomic mass is 35.5. The third-order valence-electron chi connectivity index (χ3n) is 3.79. The van der Waals surface area contributed by atoms with Crippen molar-refractivity contribution in [2.24, 2.45) is 5.92 Å². The second-order valence-electron chi connectivity index (χ2n) is 4.94. The Kier molecular flexibility index (Phi) is 4.16. The molecule has 1 aliphatic rings. The van der Waals surface area contributed by atoms with E-state index in [1.54, 1.807) is 0 Å². The van der Waals surface area contributed by atoms with Crippen molar-refractivity contribution < 1.29 is 0 Å². The number of rotatable bonds is 3. The topological polar surface area (TPSA) is 38.0 Å². The summed E-state index contributed by atoms with van der Waals surface area (Å²) in [4.78, 5) is 0. The van der Waals surface area contributed by atoms with Gasteiger partial charge in [-0.25, -0.2) is 0 Å². The van der Waals surface area contributed by atoms with Gasteiger partial charge in [0, 0.05) is 11.1 Å². The van der Waals surface area contributed by atoms with Gasteiger partial charge in [0.25, 0.3) is 0 Å². The Bertz CT molecular complexity index is 378. The lowest BCUT2D eigenvalue weighted by molar-refractivity contribution is 0.317. The van der Waals surface area contributed by atoms with Crippen LogP contribution in [0.25, 0.3) is 0 Å². The van der Waals surface area contributed by atoms with Crippen LogP contribution in [0.3, 0.4) is 0 Å². The molecule has 2 nitrogen and oxygen atoms in total. The third-order valence-corrected chi connectivity index (χ3v) is 4.02. The quantitative estimate of drug-likeness (QED) is 0.787. The van der Waals surface area contributed by atoms with Crippen LogP contribution in [0.5, 0.6) is 0 Å². The predicted molar refractivity (Wildman–Crippen MR) is 75.5 cm³/mol. The van der Waals surface area contributed by atoms with E-state index in [-0.39, 0.29) is 0 Å². The Labute approximate surface area is 109 Å². The van der Waals surface area contributed by atoms with Crippen molar-refractivity contribution in [3.05, 3.63) is 23.2 Å². The first-order chi connectivity index (χ1) is 8.20. The SMILES string of the molecule is CCC1CCCCC1Nc1ccc(Cl)cc1N. The molecule has 0 saturated heterocycles. The largest absolute Gasteiger partial charge is 0.397 e. The molecule has 0 aliphatic heterocycles. The van der Waals surface area contributed by atoms with E-state index in [9.17, 15) is 0 Å². The van der Waals surface area contributed by atoms with E-state index >= 15 is 0 Å². The van der Waals surface area contributed by atoms with Gasteiger partial charge in [0.1, 0.15) is 0 Å². The number of nitrogen functional groups attached to an aromatic ring is 1. The van der Waals surface area contributed by atoms with Gasteiger partial charge in [-0.1, -0.05) is 37.8 Å². The highest BCUT2D eigenvalue weighted by Crippen LogP contribution is 2.31. The first-order valence-corrected chi connectivity index (χ1v) is 6.90. The lowest BCUT2D eigenvalue weighted by Gasteiger charge is -2.32. The molecule has 1 aromatic carbocycles. The molecule has 3 N–H and O–H groups in total. The summed E-state index contributed by atoms with van der Waals surface area (Å²) in [5, 5.41) is 4.29. The van der Waals surface area contributed by atoms with Gasteiger partial charge in [0.05, 0.1) is 11.4 Å². The third kappa shape index (κ3) is 3.06. The molecule has 1 aromatic rings. The lowest BCUT2D eigenvalue weighted by Crippen LogP contribution is -2.32. The van der Waals surface area contributed by atoms with Crippen molar-refractivity contribution in [3.63, 3.8) is 0 Å². The van der Waals surface area contributed by atoms with Crippen molar-refractivity contribution >= 4 is 23.0 Å². The highest BCUT2D eigenvalue weighted by Gasteiger charge is 2.23. The monoisotopic (exact) mass is 252 g/mol. The first kappa shape index (κ1) is 12.6. The fourth-order valence-corrected chi connectivity index (χ4v) is 2.93. The molecule has 2 atom stereocenters. The molecule has 0 radical (unpaired) electrons. The standard InChI is InChI=1S/C14H21ClN2/c1-2-10-5-3-4-6-13(10)17-14-8-7-11(15)9-12(14)16/h7-10,13,17H,2-6,16H2,1H3. The maximum absolute atomic E-state index is 5.98. The highest BCUT2D eigenvalue weighted by molar-refractivity contribution is 6.31. The Morgan fingerprint density at radius 1 is 1.35 bits per heavy atom. The summed E-state index contributed by atoms with van der Waals surface area (Å²) in [6, 6.07) is 6.26. The molecule has 2 unspecified atom stereocenters. The van der Waals surface area contributed by atoms with Gasteiger partial charge in [-0.2, -0.15) is 0 Å². The number of nitrogens with one attached hydrogen (secondary N) is 1. The second kappa shape index (κ2) is 5.63. The summed E-state index contributed by atoms with van der Waals surface area (Å²) < 4.78 is 0. The number of hydrogen-bond donors (Lipinski definition) is 2. The molecule has 94 valence electrons. The minimum absolute atomic E-state index is 0.567. The first-order valence-electron chi connectivity index (χ1n) is 6.52. The van der Waals surface area contributed by atoms with E-state index in [1.807, 2.05) is 18.2 Å². The molecule has 0 bridgehead atoms. The van der Waals surface area contributed by atoms with Crippen molar-refractivity contribution in [3.8, 4) is 0 Å². The van der Waals surface area contributed by atoms with Crippen LogP contribution in [0, 0.1) is 5.92 Å². The van der Waals surface area contributed by atoms with Crippen LogP contribution in [0.2, 0.25) is 5.02 Å². The average molecular weight is 253 g/mol. The number of hydrogen-bond acceptors (Lipinski definition) is 2. The molecule has 17 heavy (non-hydrogen) atoms. The fraction of sp³-hybridized carbons (Fsp3) is 0.571. The van der Waals surface area contributed by atoms with Crippen LogP contribution in [0.4, 0.5) is 11.4 Å². The van der Waals surface area contributed by atoms with Crippen LogP contribution >= 0.6 is 11.6 Å². The van der Waals surface area contributed by atoms with Gasteiger partial charge in [-0.05, 0) is 37.0 Å². The van der Waals surface area contributed by atoms with Crippen LogP contribution in [0.1, 0.15) is 39.0 Å². The molecule has 0 amide bonds. The Morgan fingerprint density at radius 3 is 2.82 bits per heavy atom. The molecule has 2 rings (SSSR count). The predicted octanol–water partition coefficient (Wildman–Crippen LogP) is 4.30. The van der Waals surface area contributed by atoms with E-state index in [0.717, 1.165) is 17.3 Å². The molecule has 0 heterocycles. The summed E-state index contributed by atoms with van der Waals surface area (Å²) in [7, 11) is 0. The molecule has 3 heteroatoms. The fourth-order valence-electron chi connectivity index (χ4n) is 2.75. The summed E-state index contributed by atoms with van der Waals surface area (Å²) in [5.41, 5.74) is 7.75. The maximum Gasteiger partial charge on any atom is 0.0577 e. The van der Waals surface area contributed by atoms with Crippen LogP contribution in [-0.4, -0.2) is 6.04 Å². The second-order valence-corrected chi connectivity index (χ2v) is 5.37. The number of nitrogens with two attached hydrogens (primary N) is 1. The molecule has 1 aliphatic carbocycles. The zero-order chi connectivity index (χ0) is 12.3. The molecular formula is C14H21ClN2. The molecule has 0 spiro atoms. The van der Waals surface area contributed by atoms with Crippen LogP contribution in [-0.2, 0) is 0 Å². The summed E-state index contributed by atoms with van der Waals surface area (Å²) in [6.45, 7) is 2.27. The summed E-state index contributed by atoms with van der Waals surface area (Å²) in [6.07, 6.45) is 6.52. The van der Waals surface area contributed by atoms with Gasteiger partial charge in [-0.15, -0.1) is 0 Å². The van der Waals surface area contributed by atoms with Gasteiger partial charge in [0.2, 0.25) is 0 Å². The Hall–Kier alpha value is -0.890. The zero-order valence-electron chi connectivity index (χ0n) is 10.4. The maximum atomic E-state index is 5.98. The summed E-state index contributed by atoms with van der Waals surface area (Å²) >= 11 is 5.91. The Balaban J connectivity index is 2.08. The normalized spacial score (nSPS) is 24.6. The molecular weight excluding hydrogens is 232 g/mol. The molecule has 0 aromatic heterocycles. The smallest absolute Gasteiger partial charge is 0.0577 e. The van der Waals surface area contributed by atoms with E-state index in [2.05, 4.69) is 12.2 Å². The van der Waals surface area contributed by atoms with E-state index in [1.165, 1.54) is 32.1 Å². The average Bonchev–Trinajstić information content (AvgIpc) is 2.33. The Morgan fingerprint density at radius 2 is 2.12 bits per heavy atom. The minimum atomic E-state index is 0.567. The molecule has 1 fully saturated rings. The van der Waals surface area contributed by atoms with Gasteiger partial charge < -0.3 is 11.1 Å². The van der Waals surface area contributed by atoms with Crippen molar-refractivity contribution in [2.45, 2.75) is 45.1 Å². The van der Waals surface area contributed by atoms with E-state index in [4.69, 9.17) is 17.3 Å². The van der Waals surface area contributed by atoms with Crippen molar-refractivity contribution in [2.75, 3.05) is 11.1 Å². The van der Waals surface area contributed by atoms with Crippen LogP contribution < -0.4 is 11.1 Å². The van der Waals surface area contributed by atoms with Crippen molar-refractivity contribution in [1.82, 2.24) is 0 Å². The number of halogens is 1. The zero-order valence-corrected chi connectivity index (χ0v) is 11.1. The van der Waals surface area contributed by atoms with Crippen LogP contribution in [0.15, 0.2) is 18.2 Å². The minimum Gasteiger partial charge on any atom is -0.397 e. The van der Waals surface area contributed by atoms with Gasteiger partial charge in [0.15, 0.2) is 0 Å². The van der Waals surface area contributed by atoms with E-state index < -0.39 is 0 Å². The van der Waals surface area contributed by atoms with Gasteiger partial charge in [-0.3, -0.25) is 0 Å². The number of benzene rings is 1. The number of anilines is 2. The summed E-state index contributed by atoms with van der Waals surface area (Å²) in [5.74, 6) is 0.777. The van der Waals surface area contributed by atoms with Crippen molar-refractivity contribution in [1.29, 1.82) is 0 Å². The van der Waals surface area contributed by atoms with E-state index in [0.29, 0.717) is 11.1 Å². The molecule has 1 saturated carbocycles.